The zero-order valence-corrected chi connectivity index (χ0v) is 12.3. The maximum absolute atomic E-state index is 12.5. The van der Waals surface area contributed by atoms with Crippen molar-refractivity contribution >= 4 is 23.1 Å². The highest BCUT2D eigenvalue weighted by Crippen LogP contribution is 2.48. The second-order valence-corrected chi connectivity index (χ2v) is 6.33. The molecule has 3 nitrogen and oxygen atoms in total. The Bertz CT molecular complexity index is 508. The van der Waals surface area contributed by atoms with Crippen molar-refractivity contribution in [1.82, 2.24) is 4.90 Å². The van der Waals surface area contributed by atoms with Gasteiger partial charge in [0, 0.05) is 24.9 Å². The molecule has 0 aromatic heterocycles. The Morgan fingerprint density at radius 1 is 1.20 bits per heavy atom. The normalized spacial score (nSPS) is 26.3. The highest BCUT2D eigenvalue weighted by Gasteiger charge is 2.46. The lowest BCUT2D eigenvalue weighted by Crippen LogP contribution is -2.42. The number of piperidine rings is 1. The van der Waals surface area contributed by atoms with Crippen molar-refractivity contribution in [2.75, 3.05) is 13.1 Å². The summed E-state index contributed by atoms with van der Waals surface area (Å²) in [5.41, 5.74) is 6.98. The van der Waals surface area contributed by atoms with Crippen molar-refractivity contribution in [2.45, 2.75) is 25.2 Å². The van der Waals surface area contributed by atoms with Crippen LogP contribution < -0.4 is 5.73 Å². The number of thiocarbonyl (C=S) groups is 1. The quantitative estimate of drug-likeness (QED) is 0.868. The van der Waals surface area contributed by atoms with Crippen LogP contribution >= 0.6 is 12.2 Å². The van der Waals surface area contributed by atoms with Crippen LogP contribution in [0.1, 0.15) is 30.7 Å². The summed E-state index contributed by atoms with van der Waals surface area (Å²) in [6.45, 7) is 1.61. The Hall–Kier alpha value is -1.42. The zero-order valence-electron chi connectivity index (χ0n) is 11.5. The van der Waals surface area contributed by atoms with Crippen molar-refractivity contribution in [3.63, 3.8) is 0 Å². The SMILES string of the molecule is NC(=S)C1CCN(C(=O)C2CC2c2ccccc2)CC1. The van der Waals surface area contributed by atoms with E-state index in [1.807, 2.05) is 23.1 Å². The van der Waals surface area contributed by atoms with E-state index in [9.17, 15) is 4.79 Å². The van der Waals surface area contributed by atoms with E-state index in [0.29, 0.717) is 22.7 Å². The van der Waals surface area contributed by atoms with Gasteiger partial charge >= 0.3 is 0 Å². The minimum atomic E-state index is 0.193. The van der Waals surface area contributed by atoms with Gasteiger partial charge in [0.2, 0.25) is 5.91 Å². The van der Waals surface area contributed by atoms with Gasteiger partial charge in [0.15, 0.2) is 0 Å². The van der Waals surface area contributed by atoms with Crippen molar-refractivity contribution in [3.05, 3.63) is 35.9 Å². The molecule has 1 saturated heterocycles. The maximum atomic E-state index is 12.5. The summed E-state index contributed by atoms with van der Waals surface area (Å²) in [7, 11) is 0. The molecular formula is C16H20N2OS. The van der Waals surface area contributed by atoms with Crippen LogP contribution in [0.25, 0.3) is 0 Å². The van der Waals surface area contributed by atoms with Crippen LogP contribution in [0, 0.1) is 11.8 Å². The predicted molar refractivity (Wildman–Crippen MR) is 83.4 cm³/mol. The van der Waals surface area contributed by atoms with E-state index in [2.05, 4.69) is 12.1 Å². The predicted octanol–water partition coefficient (Wildman–Crippen LogP) is 2.31. The minimum absolute atomic E-state index is 0.193. The fraction of sp³-hybridized carbons (Fsp3) is 0.500. The summed E-state index contributed by atoms with van der Waals surface area (Å²) in [6.07, 6.45) is 2.84. The molecule has 1 aliphatic heterocycles. The number of likely N-dealkylation sites (tertiary alicyclic amines) is 1. The molecule has 1 aromatic rings. The average molecular weight is 288 g/mol. The van der Waals surface area contributed by atoms with Crippen LogP contribution in [-0.2, 0) is 4.79 Å². The number of hydrogen-bond acceptors (Lipinski definition) is 2. The molecule has 1 amide bonds. The van der Waals surface area contributed by atoms with Crippen LogP contribution in [0.3, 0.4) is 0 Å². The van der Waals surface area contributed by atoms with E-state index >= 15 is 0 Å². The molecule has 4 heteroatoms. The Balaban J connectivity index is 1.56. The van der Waals surface area contributed by atoms with Gasteiger partial charge in [0.25, 0.3) is 0 Å². The van der Waals surface area contributed by atoms with Crippen molar-refractivity contribution in [1.29, 1.82) is 0 Å². The van der Waals surface area contributed by atoms with Gasteiger partial charge in [-0.1, -0.05) is 42.5 Å². The Morgan fingerprint density at radius 3 is 2.45 bits per heavy atom. The fourth-order valence-corrected chi connectivity index (χ4v) is 3.39. The fourth-order valence-electron chi connectivity index (χ4n) is 3.16. The third-order valence-corrected chi connectivity index (χ3v) is 4.88. The smallest absolute Gasteiger partial charge is 0.226 e. The highest BCUT2D eigenvalue weighted by atomic mass is 32.1. The van der Waals surface area contributed by atoms with Crippen molar-refractivity contribution < 1.29 is 4.79 Å². The van der Waals surface area contributed by atoms with Gasteiger partial charge in [-0.05, 0) is 30.7 Å². The number of carbonyl (C=O) groups is 1. The first-order chi connectivity index (χ1) is 9.66. The van der Waals surface area contributed by atoms with Gasteiger partial charge in [-0.15, -0.1) is 0 Å². The molecule has 0 radical (unpaired) electrons. The number of rotatable bonds is 3. The summed E-state index contributed by atoms with van der Waals surface area (Å²) >= 11 is 5.04. The number of nitrogens with zero attached hydrogens (tertiary/aromatic N) is 1. The Morgan fingerprint density at radius 2 is 1.85 bits per heavy atom. The van der Waals surface area contributed by atoms with Gasteiger partial charge in [0.05, 0.1) is 4.99 Å². The van der Waals surface area contributed by atoms with E-state index in [-0.39, 0.29) is 5.92 Å². The van der Waals surface area contributed by atoms with Gasteiger partial charge in [-0.3, -0.25) is 4.79 Å². The van der Waals surface area contributed by atoms with Gasteiger partial charge in [-0.2, -0.15) is 0 Å². The summed E-state index contributed by atoms with van der Waals surface area (Å²) in [4.78, 5) is 15.1. The summed E-state index contributed by atoms with van der Waals surface area (Å²) in [6, 6.07) is 10.4. The summed E-state index contributed by atoms with van der Waals surface area (Å²) < 4.78 is 0. The zero-order chi connectivity index (χ0) is 14.1. The number of benzene rings is 1. The molecule has 2 atom stereocenters. The van der Waals surface area contributed by atoms with Crippen LogP contribution in [0.15, 0.2) is 30.3 Å². The maximum Gasteiger partial charge on any atom is 0.226 e. The first-order valence-electron chi connectivity index (χ1n) is 7.30. The molecule has 3 rings (SSSR count). The largest absolute Gasteiger partial charge is 0.393 e. The van der Waals surface area contributed by atoms with Gasteiger partial charge in [-0.25, -0.2) is 0 Å². The number of carbonyl (C=O) groups excluding carboxylic acids is 1. The van der Waals surface area contributed by atoms with Crippen LogP contribution in [0.2, 0.25) is 0 Å². The molecule has 1 aliphatic carbocycles. The summed E-state index contributed by atoms with van der Waals surface area (Å²) in [5, 5.41) is 0. The van der Waals surface area contributed by atoms with Gasteiger partial charge < -0.3 is 10.6 Å². The van der Waals surface area contributed by atoms with Crippen molar-refractivity contribution in [3.8, 4) is 0 Å². The Labute approximate surface area is 125 Å². The number of amides is 1. The molecule has 2 unspecified atom stereocenters. The lowest BCUT2D eigenvalue weighted by molar-refractivity contribution is -0.133. The molecule has 2 fully saturated rings. The van der Waals surface area contributed by atoms with E-state index in [4.69, 9.17) is 18.0 Å². The lowest BCUT2D eigenvalue weighted by atomic mass is 9.96. The van der Waals surface area contributed by atoms with Crippen molar-refractivity contribution in [2.24, 2.45) is 17.6 Å². The average Bonchev–Trinajstić information content (AvgIpc) is 3.28. The van der Waals surface area contributed by atoms with Crippen LogP contribution in [-0.4, -0.2) is 28.9 Å². The number of nitrogens with two attached hydrogens (primary N) is 1. The molecule has 20 heavy (non-hydrogen) atoms. The topological polar surface area (TPSA) is 46.3 Å². The molecule has 0 spiro atoms. The molecule has 1 aromatic carbocycles. The first kappa shape index (κ1) is 13.6. The lowest BCUT2D eigenvalue weighted by Gasteiger charge is -2.31. The minimum Gasteiger partial charge on any atom is -0.393 e. The monoisotopic (exact) mass is 288 g/mol. The molecule has 2 aliphatic rings. The van der Waals surface area contributed by atoms with E-state index in [0.717, 1.165) is 32.4 Å². The van der Waals surface area contributed by atoms with Crippen LogP contribution in [0.4, 0.5) is 0 Å². The third kappa shape index (κ3) is 2.70. The Kier molecular flexibility index (Phi) is 3.74. The second-order valence-electron chi connectivity index (χ2n) is 5.86. The van der Waals surface area contributed by atoms with Gasteiger partial charge in [0.1, 0.15) is 0 Å². The highest BCUT2D eigenvalue weighted by molar-refractivity contribution is 7.80. The van der Waals surface area contributed by atoms with Crippen LogP contribution in [0.5, 0.6) is 0 Å². The molecular weight excluding hydrogens is 268 g/mol. The molecule has 106 valence electrons. The van der Waals surface area contributed by atoms with E-state index in [1.54, 1.807) is 0 Å². The standard InChI is InChI=1S/C16H20N2OS/c17-15(20)12-6-8-18(9-7-12)16(19)14-10-13(14)11-4-2-1-3-5-11/h1-5,12-14H,6-10H2,(H2,17,20). The third-order valence-electron chi connectivity index (χ3n) is 4.54. The molecule has 2 N–H and O–H groups in total. The molecule has 0 bridgehead atoms. The van der Waals surface area contributed by atoms with E-state index < -0.39 is 0 Å². The first-order valence-corrected chi connectivity index (χ1v) is 7.70. The second kappa shape index (κ2) is 5.52. The number of hydrogen-bond donors (Lipinski definition) is 1. The molecule has 1 heterocycles. The molecule has 1 saturated carbocycles. The summed E-state index contributed by atoms with van der Waals surface area (Å²) in [5.74, 6) is 1.26. The van der Waals surface area contributed by atoms with E-state index in [1.165, 1.54) is 5.56 Å².